The summed E-state index contributed by atoms with van der Waals surface area (Å²) in [4.78, 5) is 14.7. The number of amides is 1. The first-order valence-corrected chi connectivity index (χ1v) is 8.57. The van der Waals surface area contributed by atoms with Crippen molar-refractivity contribution in [3.8, 4) is 0 Å². The van der Waals surface area contributed by atoms with E-state index in [1.165, 1.54) is 0 Å². The van der Waals surface area contributed by atoms with E-state index in [-0.39, 0.29) is 20.6 Å². The Labute approximate surface area is 155 Å². The largest absolute Gasteiger partial charge is 0.378 e. The fourth-order valence-electron chi connectivity index (χ4n) is 2.51. The van der Waals surface area contributed by atoms with Gasteiger partial charge in [0.15, 0.2) is 0 Å². The summed E-state index contributed by atoms with van der Waals surface area (Å²) in [5.41, 5.74) is 1.92. The summed E-state index contributed by atoms with van der Waals surface area (Å²) in [6.45, 7) is 3.17. The fraction of sp³-hybridized carbons (Fsp3) is 0.235. The SMILES string of the molecule is O=C(Nc1ccc(N2CCOCC2)cc1)c1c(Cl)ccc(Cl)c1Cl. The van der Waals surface area contributed by atoms with E-state index < -0.39 is 5.91 Å². The van der Waals surface area contributed by atoms with Gasteiger partial charge in [-0.3, -0.25) is 4.79 Å². The molecule has 0 bridgehead atoms. The highest BCUT2D eigenvalue weighted by Crippen LogP contribution is 2.32. The third kappa shape index (κ3) is 3.78. The molecule has 4 nitrogen and oxygen atoms in total. The number of hydrogen-bond donors (Lipinski definition) is 1. The maximum Gasteiger partial charge on any atom is 0.258 e. The Kier molecular flexibility index (Phi) is 5.51. The average molecular weight is 386 g/mol. The van der Waals surface area contributed by atoms with E-state index in [2.05, 4.69) is 10.2 Å². The van der Waals surface area contributed by atoms with Gasteiger partial charge in [0.25, 0.3) is 5.91 Å². The number of halogens is 3. The first kappa shape index (κ1) is 17.4. The van der Waals surface area contributed by atoms with Gasteiger partial charge < -0.3 is 15.0 Å². The van der Waals surface area contributed by atoms with Gasteiger partial charge in [0.1, 0.15) is 0 Å². The molecule has 0 saturated carbocycles. The average Bonchev–Trinajstić information content (AvgIpc) is 2.60. The quantitative estimate of drug-likeness (QED) is 0.776. The van der Waals surface area contributed by atoms with E-state index >= 15 is 0 Å². The third-order valence-corrected chi connectivity index (χ3v) is 4.89. The lowest BCUT2D eigenvalue weighted by molar-refractivity contribution is 0.102. The van der Waals surface area contributed by atoms with Crippen LogP contribution in [0.1, 0.15) is 10.4 Å². The van der Waals surface area contributed by atoms with Crippen molar-refractivity contribution >= 4 is 52.1 Å². The minimum atomic E-state index is -0.397. The molecule has 0 atom stereocenters. The van der Waals surface area contributed by atoms with Gasteiger partial charge in [-0.05, 0) is 36.4 Å². The Morgan fingerprint density at radius 3 is 2.25 bits per heavy atom. The van der Waals surface area contributed by atoms with Crippen LogP contribution in [0.25, 0.3) is 0 Å². The second-order valence-corrected chi connectivity index (χ2v) is 6.51. The Hall–Kier alpha value is -1.46. The summed E-state index contributed by atoms with van der Waals surface area (Å²) in [7, 11) is 0. The van der Waals surface area contributed by atoms with Crippen LogP contribution in [0, 0.1) is 0 Å². The van der Waals surface area contributed by atoms with E-state index in [0.717, 1.165) is 32.0 Å². The first-order chi connectivity index (χ1) is 11.6. The number of ether oxygens (including phenoxy) is 1. The van der Waals surface area contributed by atoms with Crippen molar-refractivity contribution in [3.63, 3.8) is 0 Å². The van der Waals surface area contributed by atoms with Crippen molar-refractivity contribution in [2.75, 3.05) is 36.5 Å². The second-order valence-electron chi connectivity index (χ2n) is 5.32. The molecule has 2 aromatic carbocycles. The van der Waals surface area contributed by atoms with Crippen LogP contribution in [0.5, 0.6) is 0 Å². The molecule has 1 N–H and O–H groups in total. The Morgan fingerprint density at radius 2 is 1.58 bits per heavy atom. The molecule has 1 amide bonds. The van der Waals surface area contributed by atoms with Crippen LogP contribution in [0.2, 0.25) is 15.1 Å². The molecule has 24 heavy (non-hydrogen) atoms. The molecule has 0 radical (unpaired) electrons. The molecule has 2 aromatic rings. The maximum absolute atomic E-state index is 12.4. The van der Waals surface area contributed by atoms with Crippen LogP contribution >= 0.6 is 34.8 Å². The number of anilines is 2. The number of morpholine rings is 1. The predicted molar refractivity (Wildman–Crippen MR) is 98.9 cm³/mol. The molecule has 1 fully saturated rings. The van der Waals surface area contributed by atoms with Gasteiger partial charge >= 0.3 is 0 Å². The van der Waals surface area contributed by atoms with Crippen molar-refractivity contribution in [2.24, 2.45) is 0 Å². The van der Waals surface area contributed by atoms with E-state index in [1.807, 2.05) is 24.3 Å². The van der Waals surface area contributed by atoms with Crippen LogP contribution in [-0.2, 0) is 4.74 Å². The molecule has 1 heterocycles. The third-order valence-electron chi connectivity index (χ3n) is 3.77. The van der Waals surface area contributed by atoms with Crippen LogP contribution in [-0.4, -0.2) is 32.2 Å². The Morgan fingerprint density at radius 1 is 0.958 bits per heavy atom. The number of rotatable bonds is 3. The van der Waals surface area contributed by atoms with E-state index in [1.54, 1.807) is 12.1 Å². The van der Waals surface area contributed by atoms with Gasteiger partial charge in [0, 0.05) is 24.5 Å². The second kappa shape index (κ2) is 7.62. The maximum atomic E-state index is 12.4. The van der Waals surface area contributed by atoms with Gasteiger partial charge in [-0.2, -0.15) is 0 Å². The summed E-state index contributed by atoms with van der Waals surface area (Å²) in [5, 5.41) is 3.47. The topological polar surface area (TPSA) is 41.6 Å². The molecule has 3 rings (SSSR count). The zero-order valence-corrected chi connectivity index (χ0v) is 15.0. The van der Waals surface area contributed by atoms with Crippen LogP contribution < -0.4 is 10.2 Å². The summed E-state index contributed by atoms with van der Waals surface area (Å²) < 4.78 is 5.34. The molecule has 0 aliphatic carbocycles. The highest BCUT2D eigenvalue weighted by molar-refractivity contribution is 6.46. The molecule has 1 saturated heterocycles. The zero-order valence-electron chi connectivity index (χ0n) is 12.7. The minimum Gasteiger partial charge on any atom is -0.378 e. The molecule has 0 aromatic heterocycles. The highest BCUT2D eigenvalue weighted by Gasteiger charge is 2.18. The van der Waals surface area contributed by atoms with Crippen molar-refractivity contribution in [1.29, 1.82) is 0 Å². The lowest BCUT2D eigenvalue weighted by Crippen LogP contribution is -2.36. The van der Waals surface area contributed by atoms with Crippen molar-refractivity contribution in [1.82, 2.24) is 0 Å². The molecule has 1 aliphatic heterocycles. The van der Waals surface area contributed by atoms with Gasteiger partial charge in [-0.25, -0.2) is 0 Å². The lowest BCUT2D eigenvalue weighted by Gasteiger charge is -2.28. The monoisotopic (exact) mass is 384 g/mol. The van der Waals surface area contributed by atoms with Gasteiger partial charge in [0.05, 0.1) is 33.8 Å². The Balaban J connectivity index is 1.74. The fourth-order valence-corrected chi connectivity index (χ4v) is 3.21. The molecule has 0 unspecified atom stereocenters. The molecular weight excluding hydrogens is 371 g/mol. The number of hydrogen-bond acceptors (Lipinski definition) is 3. The molecule has 0 spiro atoms. The number of carbonyl (C=O) groups is 1. The normalized spacial score (nSPS) is 14.5. The van der Waals surface area contributed by atoms with E-state index in [4.69, 9.17) is 39.5 Å². The van der Waals surface area contributed by atoms with Gasteiger partial charge in [-0.15, -0.1) is 0 Å². The molecular formula is C17H15Cl3N2O2. The lowest BCUT2D eigenvalue weighted by atomic mass is 10.2. The van der Waals surface area contributed by atoms with Crippen LogP contribution in [0.15, 0.2) is 36.4 Å². The van der Waals surface area contributed by atoms with Crippen molar-refractivity contribution in [2.45, 2.75) is 0 Å². The Bertz CT molecular complexity index is 744. The number of carbonyl (C=O) groups excluding carboxylic acids is 1. The smallest absolute Gasteiger partial charge is 0.258 e. The van der Waals surface area contributed by atoms with Crippen molar-refractivity contribution in [3.05, 3.63) is 57.0 Å². The number of nitrogens with one attached hydrogen (secondary N) is 1. The summed E-state index contributed by atoms with van der Waals surface area (Å²) >= 11 is 18.1. The zero-order chi connectivity index (χ0) is 17.1. The van der Waals surface area contributed by atoms with Crippen LogP contribution in [0.3, 0.4) is 0 Å². The summed E-state index contributed by atoms with van der Waals surface area (Å²) in [6, 6.07) is 10.7. The summed E-state index contributed by atoms with van der Waals surface area (Å²) in [5.74, 6) is -0.397. The highest BCUT2D eigenvalue weighted by atomic mass is 35.5. The van der Waals surface area contributed by atoms with E-state index in [0.29, 0.717) is 5.69 Å². The summed E-state index contributed by atoms with van der Waals surface area (Å²) in [6.07, 6.45) is 0. The van der Waals surface area contributed by atoms with Crippen LogP contribution in [0.4, 0.5) is 11.4 Å². The minimum absolute atomic E-state index is 0.145. The first-order valence-electron chi connectivity index (χ1n) is 7.44. The number of benzene rings is 2. The van der Waals surface area contributed by atoms with Gasteiger partial charge in [0.2, 0.25) is 0 Å². The van der Waals surface area contributed by atoms with Gasteiger partial charge in [-0.1, -0.05) is 34.8 Å². The van der Waals surface area contributed by atoms with Crippen molar-refractivity contribution < 1.29 is 9.53 Å². The molecule has 1 aliphatic rings. The van der Waals surface area contributed by atoms with E-state index in [9.17, 15) is 4.79 Å². The number of nitrogens with zero attached hydrogens (tertiary/aromatic N) is 1. The molecule has 7 heteroatoms. The predicted octanol–water partition coefficient (Wildman–Crippen LogP) is 4.74. The standard InChI is InChI=1S/C17H15Cl3N2O2/c18-13-5-6-14(19)16(20)15(13)17(23)21-11-1-3-12(4-2-11)22-7-9-24-10-8-22/h1-6H,7-10H2,(H,21,23). The molecule has 126 valence electrons.